The van der Waals surface area contributed by atoms with Gasteiger partial charge in [0.15, 0.2) is 17.5 Å². The van der Waals surface area contributed by atoms with Gasteiger partial charge in [0.1, 0.15) is 5.10 Å². The Labute approximate surface area is 79.4 Å². The van der Waals surface area contributed by atoms with Crippen LogP contribution in [-0.2, 0) is 9.47 Å². The molecule has 0 aromatic rings. The summed E-state index contributed by atoms with van der Waals surface area (Å²) in [6.45, 7) is 2.32. The zero-order valence-corrected chi connectivity index (χ0v) is 7.47. The second kappa shape index (κ2) is 3.39. The Morgan fingerprint density at radius 1 is 1.57 bits per heavy atom. The predicted octanol–water partition coefficient (Wildman–Crippen LogP) is -1.19. The molecule has 2 aliphatic rings. The van der Waals surface area contributed by atoms with Gasteiger partial charge in [0, 0.05) is 0 Å². The first kappa shape index (κ1) is 9.16. The fourth-order valence-corrected chi connectivity index (χ4v) is 1.37. The number of nitrogens with zero attached hydrogens (tertiary/aromatic N) is 2. The maximum atomic E-state index is 10.1. The summed E-state index contributed by atoms with van der Waals surface area (Å²) in [5, 5.41) is 17.8. The molecule has 0 aliphatic carbocycles. The summed E-state index contributed by atoms with van der Waals surface area (Å²) >= 11 is 0. The third-order valence-corrected chi connectivity index (χ3v) is 1.90. The number of guanidine groups is 1. The highest BCUT2D eigenvalue weighted by atomic mass is 16.7. The summed E-state index contributed by atoms with van der Waals surface area (Å²) in [6.07, 6.45) is -0.831. The van der Waals surface area contributed by atoms with Crippen molar-refractivity contribution < 1.29 is 14.5 Å². The maximum Gasteiger partial charge on any atom is 0.273 e. The Morgan fingerprint density at radius 2 is 2.29 bits per heavy atom. The van der Waals surface area contributed by atoms with E-state index < -0.39 is 17.5 Å². The average Bonchev–Trinajstić information content (AvgIpc) is 2.44. The van der Waals surface area contributed by atoms with Gasteiger partial charge in [-0.25, -0.2) is 10.1 Å². The van der Waals surface area contributed by atoms with E-state index in [1.807, 2.05) is 6.92 Å². The molecule has 0 amide bonds. The van der Waals surface area contributed by atoms with Crippen LogP contribution < -0.4 is 10.6 Å². The zero-order valence-electron chi connectivity index (χ0n) is 7.47. The van der Waals surface area contributed by atoms with Gasteiger partial charge >= 0.3 is 0 Å². The van der Waals surface area contributed by atoms with Gasteiger partial charge in [0.2, 0.25) is 0 Å². The van der Waals surface area contributed by atoms with Crippen LogP contribution in [0.5, 0.6) is 0 Å². The van der Waals surface area contributed by atoms with Crippen LogP contribution in [0.2, 0.25) is 0 Å². The normalized spacial score (nSPS) is 38.6. The molecule has 0 bridgehead atoms. The van der Waals surface area contributed by atoms with Crippen molar-refractivity contribution in [3.05, 3.63) is 10.1 Å². The molecule has 2 fully saturated rings. The summed E-state index contributed by atoms with van der Waals surface area (Å²) in [4.78, 5) is 10.1. The molecule has 2 saturated heterocycles. The SMILES string of the molecule is C[C@@H]1CO[C@H]2N/C(=N/[N+](=O)[O-])N[C@@H]2O1. The first-order valence-corrected chi connectivity index (χ1v) is 4.18. The molecular formula is C6H10N4O4. The molecule has 2 heterocycles. The molecule has 14 heavy (non-hydrogen) atoms. The van der Waals surface area contributed by atoms with E-state index in [-0.39, 0.29) is 12.1 Å². The fourth-order valence-electron chi connectivity index (χ4n) is 1.37. The van der Waals surface area contributed by atoms with Crippen molar-refractivity contribution in [2.24, 2.45) is 5.10 Å². The van der Waals surface area contributed by atoms with E-state index in [0.717, 1.165) is 0 Å². The summed E-state index contributed by atoms with van der Waals surface area (Å²) in [5.74, 6) is 0.0686. The molecule has 0 radical (unpaired) electrons. The topological polar surface area (TPSA) is 98.0 Å². The second-order valence-corrected chi connectivity index (χ2v) is 3.10. The first-order valence-electron chi connectivity index (χ1n) is 4.18. The van der Waals surface area contributed by atoms with Gasteiger partial charge in [-0.05, 0) is 6.92 Å². The van der Waals surface area contributed by atoms with Crippen LogP contribution in [0.4, 0.5) is 0 Å². The minimum atomic E-state index is -0.782. The van der Waals surface area contributed by atoms with Gasteiger partial charge in [0.25, 0.3) is 5.96 Å². The van der Waals surface area contributed by atoms with E-state index in [0.29, 0.717) is 6.61 Å². The quantitative estimate of drug-likeness (QED) is 0.410. The van der Waals surface area contributed by atoms with Crippen LogP contribution in [0.25, 0.3) is 0 Å². The van der Waals surface area contributed by atoms with Gasteiger partial charge < -0.3 is 20.1 Å². The summed E-state index contributed by atoms with van der Waals surface area (Å²) in [5.41, 5.74) is 0. The molecule has 0 aromatic heterocycles. The van der Waals surface area contributed by atoms with E-state index in [2.05, 4.69) is 15.7 Å². The van der Waals surface area contributed by atoms with Gasteiger partial charge in [0.05, 0.1) is 12.7 Å². The van der Waals surface area contributed by atoms with E-state index in [1.54, 1.807) is 0 Å². The van der Waals surface area contributed by atoms with E-state index in [9.17, 15) is 10.1 Å². The highest BCUT2D eigenvalue weighted by molar-refractivity contribution is 5.81. The number of ether oxygens (including phenoxy) is 2. The molecule has 0 saturated carbocycles. The maximum absolute atomic E-state index is 10.1. The Morgan fingerprint density at radius 3 is 3.00 bits per heavy atom. The van der Waals surface area contributed by atoms with Crippen LogP contribution in [-0.4, -0.2) is 36.2 Å². The summed E-state index contributed by atoms with van der Waals surface area (Å²) in [6, 6.07) is 0. The minimum Gasteiger partial charge on any atom is -0.351 e. The van der Waals surface area contributed by atoms with Gasteiger partial charge in [-0.3, -0.25) is 0 Å². The van der Waals surface area contributed by atoms with Crippen molar-refractivity contribution in [2.45, 2.75) is 25.5 Å². The Kier molecular flexibility index (Phi) is 2.22. The van der Waals surface area contributed by atoms with Crippen molar-refractivity contribution in [3.63, 3.8) is 0 Å². The van der Waals surface area contributed by atoms with Crippen molar-refractivity contribution in [3.8, 4) is 0 Å². The van der Waals surface area contributed by atoms with Gasteiger partial charge in [-0.2, -0.15) is 0 Å². The van der Waals surface area contributed by atoms with Crippen LogP contribution in [0.15, 0.2) is 5.10 Å². The Bertz CT molecular complexity index is 281. The van der Waals surface area contributed by atoms with Crippen LogP contribution in [0.3, 0.4) is 0 Å². The van der Waals surface area contributed by atoms with Crippen molar-refractivity contribution in [2.75, 3.05) is 6.61 Å². The molecule has 0 unspecified atom stereocenters. The van der Waals surface area contributed by atoms with Crippen molar-refractivity contribution in [1.82, 2.24) is 10.6 Å². The smallest absolute Gasteiger partial charge is 0.273 e. The Balaban J connectivity index is 2.02. The van der Waals surface area contributed by atoms with E-state index in [1.165, 1.54) is 0 Å². The van der Waals surface area contributed by atoms with Crippen LogP contribution in [0, 0.1) is 10.1 Å². The number of hydrogen-bond acceptors (Lipinski definition) is 4. The lowest BCUT2D eigenvalue weighted by atomic mass is 10.3. The first-order chi connectivity index (χ1) is 6.65. The van der Waals surface area contributed by atoms with Crippen molar-refractivity contribution in [1.29, 1.82) is 0 Å². The largest absolute Gasteiger partial charge is 0.351 e. The van der Waals surface area contributed by atoms with Gasteiger partial charge in [-0.1, -0.05) is 0 Å². The minimum absolute atomic E-state index is 0.0273. The summed E-state index contributed by atoms with van der Waals surface area (Å²) < 4.78 is 10.7. The molecule has 8 nitrogen and oxygen atoms in total. The highest BCUT2D eigenvalue weighted by Crippen LogP contribution is 2.14. The summed E-state index contributed by atoms with van der Waals surface area (Å²) in [7, 11) is 0. The highest BCUT2D eigenvalue weighted by Gasteiger charge is 2.38. The lowest BCUT2D eigenvalue weighted by molar-refractivity contribution is -0.485. The third kappa shape index (κ3) is 1.75. The van der Waals surface area contributed by atoms with Crippen LogP contribution in [0.1, 0.15) is 6.92 Å². The van der Waals surface area contributed by atoms with Crippen molar-refractivity contribution >= 4 is 5.96 Å². The average molecular weight is 202 g/mol. The monoisotopic (exact) mass is 202 g/mol. The molecule has 8 heteroatoms. The molecule has 78 valence electrons. The standard InChI is InChI=1S/C6H10N4O4/c1-3-2-13-4-5(14-3)8-6(7-4)9-10(11)12/h3-5H,2H2,1H3,(H2,7,8,9)/t3-,4-,5-/m1/s1. The molecule has 2 N–H and O–H groups in total. The number of hydrogen-bond donors (Lipinski definition) is 2. The number of nitro groups is 1. The molecule has 3 atom stereocenters. The molecule has 0 spiro atoms. The fraction of sp³-hybridized carbons (Fsp3) is 0.833. The molecule has 0 aromatic carbocycles. The molecule has 2 rings (SSSR count). The third-order valence-electron chi connectivity index (χ3n) is 1.90. The van der Waals surface area contributed by atoms with Crippen LogP contribution >= 0.6 is 0 Å². The lowest BCUT2D eigenvalue weighted by Crippen LogP contribution is -2.46. The van der Waals surface area contributed by atoms with Gasteiger partial charge in [-0.15, -0.1) is 0 Å². The number of fused-ring (bicyclic) bond motifs is 1. The molecular weight excluding hydrogens is 192 g/mol. The zero-order chi connectivity index (χ0) is 10.1. The van der Waals surface area contributed by atoms with E-state index >= 15 is 0 Å². The number of hydrazone groups is 1. The number of rotatable bonds is 1. The predicted molar refractivity (Wildman–Crippen MR) is 44.8 cm³/mol. The number of nitrogens with one attached hydrogen (secondary N) is 2. The molecule has 2 aliphatic heterocycles. The lowest BCUT2D eigenvalue weighted by Gasteiger charge is -2.29. The van der Waals surface area contributed by atoms with E-state index in [4.69, 9.17) is 9.47 Å². The second-order valence-electron chi connectivity index (χ2n) is 3.10. The Hall–Kier alpha value is -1.41.